The number of rotatable bonds is 4. The largest absolute Gasteiger partial charge is 0.310 e. The van der Waals surface area contributed by atoms with Crippen molar-refractivity contribution < 1.29 is 0 Å². The Morgan fingerprint density at radius 3 is 1.32 bits per heavy atom. The summed E-state index contributed by atoms with van der Waals surface area (Å²) in [4.78, 5) is 2.41. The molecule has 3 heterocycles. The molecule has 4 heteroatoms. The summed E-state index contributed by atoms with van der Waals surface area (Å²) >= 11 is 5.61. The molecular formula is C46H27NS3. The van der Waals surface area contributed by atoms with Crippen LogP contribution in [0.4, 0.5) is 17.1 Å². The van der Waals surface area contributed by atoms with Crippen LogP contribution in [0.1, 0.15) is 0 Å². The van der Waals surface area contributed by atoms with Crippen LogP contribution in [-0.4, -0.2) is 0 Å². The SMILES string of the molecule is c1ccc2c(c1)sc1cc(N(c3ccc(-c4ccc5cc6sc7ccccc7c6cc5c4)cc3)c3ccc4c(c3)sc3ccccc34)ccc12. The third-order valence-electron chi connectivity index (χ3n) is 10.0. The summed E-state index contributed by atoms with van der Waals surface area (Å²) in [5.74, 6) is 0. The van der Waals surface area contributed by atoms with Crippen LogP contribution in [-0.2, 0) is 0 Å². The highest BCUT2D eigenvalue weighted by Gasteiger charge is 2.17. The number of thiophene rings is 3. The maximum atomic E-state index is 2.41. The van der Waals surface area contributed by atoms with Crippen LogP contribution in [0.15, 0.2) is 164 Å². The van der Waals surface area contributed by atoms with Crippen molar-refractivity contribution in [3.8, 4) is 11.1 Å². The van der Waals surface area contributed by atoms with Crippen LogP contribution in [0.3, 0.4) is 0 Å². The van der Waals surface area contributed by atoms with Crippen LogP contribution < -0.4 is 4.90 Å². The van der Waals surface area contributed by atoms with E-state index in [1.807, 2.05) is 34.0 Å². The molecule has 0 fully saturated rings. The second-order valence-corrected chi connectivity index (χ2v) is 16.2. The second kappa shape index (κ2) is 11.0. The van der Waals surface area contributed by atoms with E-state index in [9.17, 15) is 0 Å². The Kier molecular flexibility index (Phi) is 6.23. The predicted octanol–water partition coefficient (Wildman–Crippen LogP) is 15.1. The van der Waals surface area contributed by atoms with Crippen molar-refractivity contribution in [2.24, 2.45) is 0 Å². The Hall–Kier alpha value is -5.52. The van der Waals surface area contributed by atoms with Gasteiger partial charge in [-0.05, 0) is 94.7 Å². The Balaban J connectivity index is 1.04. The smallest absolute Gasteiger partial charge is 0.0476 e. The molecule has 0 unspecified atom stereocenters. The van der Waals surface area contributed by atoms with Gasteiger partial charge in [-0.3, -0.25) is 0 Å². The number of hydrogen-bond acceptors (Lipinski definition) is 4. The molecule has 0 aliphatic rings. The molecule has 0 bridgehead atoms. The standard InChI is InChI=1S/C46H27NS3/c1-4-10-41-35(7-1)38-21-19-33(26-45(38)49-41)47(34-20-22-39-36-8-2-5-11-42(36)50-46(39)27-34)32-17-15-28(16-18-32)29-13-14-30-25-44-40(24-31(30)23-29)37-9-3-6-12-43(37)48-44/h1-27H. The van der Waals surface area contributed by atoms with Gasteiger partial charge in [-0.1, -0.05) is 91.0 Å². The molecule has 8 aromatic carbocycles. The molecule has 0 atom stereocenters. The Labute approximate surface area is 300 Å². The quantitative estimate of drug-likeness (QED) is 0.178. The van der Waals surface area contributed by atoms with E-state index in [0.717, 1.165) is 17.1 Å². The van der Waals surface area contributed by atoms with Crippen LogP contribution in [0.2, 0.25) is 0 Å². The fraction of sp³-hybridized carbons (Fsp3) is 0. The summed E-state index contributed by atoms with van der Waals surface area (Å²) in [6.07, 6.45) is 0. The van der Waals surface area contributed by atoms with Crippen molar-refractivity contribution in [3.63, 3.8) is 0 Å². The summed E-state index contributed by atoms with van der Waals surface area (Å²) in [7, 11) is 0. The van der Waals surface area contributed by atoms with E-state index in [4.69, 9.17) is 0 Å². The first-order chi connectivity index (χ1) is 24.7. The van der Waals surface area contributed by atoms with Gasteiger partial charge in [0.2, 0.25) is 0 Å². The number of hydrogen-bond donors (Lipinski definition) is 0. The first kappa shape index (κ1) is 28.3. The molecule has 0 saturated carbocycles. The fourth-order valence-electron chi connectivity index (χ4n) is 7.61. The maximum Gasteiger partial charge on any atom is 0.0476 e. The number of benzene rings is 8. The lowest BCUT2D eigenvalue weighted by atomic mass is 9.99. The Morgan fingerprint density at radius 1 is 0.280 bits per heavy atom. The maximum absolute atomic E-state index is 2.41. The molecule has 0 aliphatic carbocycles. The molecule has 0 N–H and O–H groups in total. The van der Waals surface area contributed by atoms with E-state index in [2.05, 4.69) is 169 Å². The van der Waals surface area contributed by atoms with E-state index >= 15 is 0 Å². The predicted molar refractivity (Wildman–Crippen MR) is 223 cm³/mol. The van der Waals surface area contributed by atoms with Crippen LogP contribution >= 0.6 is 34.0 Å². The van der Waals surface area contributed by atoms with Crippen molar-refractivity contribution in [2.75, 3.05) is 4.90 Å². The van der Waals surface area contributed by atoms with Crippen LogP contribution in [0.5, 0.6) is 0 Å². The highest BCUT2D eigenvalue weighted by molar-refractivity contribution is 7.26. The summed E-state index contributed by atoms with van der Waals surface area (Å²) < 4.78 is 7.94. The minimum absolute atomic E-state index is 1.14. The normalized spacial score (nSPS) is 12.0. The molecule has 0 spiro atoms. The van der Waals surface area contributed by atoms with E-state index in [1.54, 1.807) is 0 Å². The molecule has 1 nitrogen and oxygen atoms in total. The monoisotopic (exact) mass is 689 g/mol. The highest BCUT2D eigenvalue weighted by Crippen LogP contribution is 2.44. The average molecular weight is 690 g/mol. The zero-order valence-corrected chi connectivity index (χ0v) is 29.2. The first-order valence-corrected chi connectivity index (χ1v) is 19.3. The van der Waals surface area contributed by atoms with E-state index in [-0.39, 0.29) is 0 Å². The van der Waals surface area contributed by atoms with Crippen molar-refractivity contribution in [2.45, 2.75) is 0 Å². The van der Waals surface area contributed by atoms with Gasteiger partial charge in [-0.2, -0.15) is 0 Å². The lowest BCUT2D eigenvalue weighted by molar-refractivity contribution is 1.30. The molecule has 3 aromatic heterocycles. The minimum atomic E-state index is 1.14. The lowest BCUT2D eigenvalue weighted by Crippen LogP contribution is -2.09. The van der Waals surface area contributed by atoms with Gasteiger partial charge in [0.15, 0.2) is 0 Å². The van der Waals surface area contributed by atoms with Crippen LogP contribution in [0, 0.1) is 0 Å². The molecule has 50 heavy (non-hydrogen) atoms. The molecule has 0 radical (unpaired) electrons. The third kappa shape index (κ3) is 4.43. The highest BCUT2D eigenvalue weighted by atomic mass is 32.1. The van der Waals surface area contributed by atoms with Crippen molar-refractivity contribution in [3.05, 3.63) is 164 Å². The molecule has 0 amide bonds. The number of anilines is 3. The van der Waals surface area contributed by atoms with Gasteiger partial charge < -0.3 is 4.90 Å². The van der Waals surface area contributed by atoms with Gasteiger partial charge >= 0.3 is 0 Å². The van der Waals surface area contributed by atoms with Gasteiger partial charge in [-0.25, -0.2) is 0 Å². The average Bonchev–Trinajstić information content (AvgIpc) is 3.84. The summed E-state index contributed by atoms with van der Waals surface area (Å²) in [5, 5.41) is 10.5. The summed E-state index contributed by atoms with van der Waals surface area (Å²) in [5.41, 5.74) is 5.91. The van der Waals surface area contributed by atoms with Gasteiger partial charge in [-0.15, -0.1) is 34.0 Å². The molecule has 234 valence electrons. The van der Waals surface area contributed by atoms with Gasteiger partial charge in [0.1, 0.15) is 0 Å². The van der Waals surface area contributed by atoms with Crippen molar-refractivity contribution >= 4 is 122 Å². The topological polar surface area (TPSA) is 3.24 Å². The molecule has 0 saturated heterocycles. The molecule has 11 rings (SSSR count). The van der Waals surface area contributed by atoms with E-state index < -0.39 is 0 Å². The third-order valence-corrected chi connectivity index (χ3v) is 13.4. The summed E-state index contributed by atoms with van der Waals surface area (Å²) in [6, 6.07) is 60.8. The van der Waals surface area contributed by atoms with Gasteiger partial charge in [0, 0.05) is 77.6 Å². The minimum Gasteiger partial charge on any atom is -0.310 e. The fourth-order valence-corrected chi connectivity index (χ4v) is 11.0. The summed E-state index contributed by atoms with van der Waals surface area (Å²) in [6.45, 7) is 0. The molecule has 0 aliphatic heterocycles. The first-order valence-electron chi connectivity index (χ1n) is 16.8. The van der Waals surface area contributed by atoms with Crippen molar-refractivity contribution in [1.82, 2.24) is 0 Å². The van der Waals surface area contributed by atoms with E-state index in [0.29, 0.717) is 0 Å². The van der Waals surface area contributed by atoms with Crippen LogP contribution in [0.25, 0.3) is 82.4 Å². The Morgan fingerprint density at radius 2 is 0.740 bits per heavy atom. The molecular weight excluding hydrogens is 663 g/mol. The van der Waals surface area contributed by atoms with E-state index in [1.165, 1.54) is 82.4 Å². The van der Waals surface area contributed by atoms with Gasteiger partial charge in [0.25, 0.3) is 0 Å². The number of fused-ring (bicyclic) bond motifs is 10. The number of nitrogens with zero attached hydrogens (tertiary/aromatic N) is 1. The zero-order chi connectivity index (χ0) is 32.8. The lowest BCUT2D eigenvalue weighted by Gasteiger charge is -2.26. The van der Waals surface area contributed by atoms with Gasteiger partial charge in [0.05, 0.1) is 0 Å². The second-order valence-electron chi connectivity index (χ2n) is 12.9. The zero-order valence-electron chi connectivity index (χ0n) is 26.8. The van der Waals surface area contributed by atoms with Crippen molar-refractivity contribution in [1.29, 1.82) is 0 Å². The molecule has 11 aromatic rings. The Bertz CT molecular complexity index is 2990.